The molecule has 1 atom stereocenters. The van der Waals surface area contributed by atoms with E-state index in [1.807, 2.05) is 0 Å². The molecule has 0 unspecified atom stereocenters. The fraction of sp³-hybridized carbons (Fsp3) is 0.222. The lowest BCUT2D eigenvalue weighted by atomic mass is 10.1. The number of nitro groups is 2. The van der Waals surface area contributed by atoms with Crippen molar-refractivity contribution in [3.05, 3.63) is 73.8 Å². The molecular formula is C18H16N4O7. The van der Waals surface area contributed by atoms with Gasteiger partial charge in [0.15, 0.2) is 12.4 Å². The average molecular weight is 400 g/mol. The number of nitro benzene ring substituents is 2. The first kappa shape index (κ1) is 19.7. The Morgan fingerprint density at radius 2 is 1.97 bits per heavy atom. The minimum Gasteiger partial charge on any atom is -0.477 e. The highest BCUT2D eigenvalue weighted by atomic mass is 16.6. The number of hydrogen-bond acceptors (Lipinski definition) is 8. The lowest BCUT2D eigenvalue weighted by molar-refractivity contribution is -0.385. The Labute approximate surface area is 164 Å². The van der Waals surface area contributed by atoms with Crippen molar-refractivity contribution in [1.82, 2.24) is 5.01 Å². The number of carbonyl (C=O) groups excluding carboxylic acids is 1. The van der Waals surface area contributed by atoms with Crippen LogP contribution in [-0.4, -0.2) is 33.3 Å². The van der Waals surface area contributed by atoms with E-state index >= 15 is 0 Å². The Morgan fingerprint density at radius 1 is 1.21 bits per heavy atom. The zero-order valence-electron chi connectivity index (χ0n) is 15.5. The first-order chi connectivity index (χ1) is 13.8. The van der Waals surface area contributed by atoms with E-state index < -0.39 is 22.0 Å². The molecule has 1 aliphatic rings. The monoisotopic (exact) mass is 400 g/mol. The number of benzene rings is 2. The van der Waals surface area contributed by atoms with Gasteiger partial charge < -0.3 is 9.47 Å². The van der Waals surface area contributed by atoms with Gasteiger partial charge in [0.1, 0.15) is 0 Å². The van der Waals surface area contributed by atoms with Crippen molar-refractivity contribution in [1.29, 1.82) is 0 Å². The van der Waals surface area contributed by atoms with E-state index in [9.17, 15) is 25.0 Å². The van der Waals surface area contributed by atoms with E-state index in [4.69, 9.17) is 9.47 Å². The van der Waals surface area contributed by atoms with Gasteiger partial charge in [-0.2, -0.15) is 5.01 Å². The highest BCUT2D eigenvalue weighted by Gasteiger charge is 2.33. The van der Waals surface area contributed by atoms with E-state index in [1.165, 1.54) is 37.3 Å². The molecule has 11 heteroatoms. The lowest BCUT2D eigenvalue weighted by Gasteiger charge is -2.19. The van der Waals surface area contributed by atoms with Gasteiger partial charge in [0.2, 0.25) is 18.0 Å². The van der Waals surface area contributed by atoms with Gasteiger partial charge in [-0.15, -0.1) is 5.10 Å². The maximum absolute atomic E-state index is 11.9. The van der Waals surface area contributed by atoms with E-state index in [-0.39, 0.29) is 29.6 Å². The van der Waals surface area contributed by atoms with E-state index in [1.54, 1.807) is 19.1 Å². The minimum absolute atomic E-state index is 0.00609. The molecule has 11 nitrogen and oxygen atoms in total. The summed E-state index contributed by atoms with van der Waals surface area (Å²) in [7, 11) is 0. The number of nitrogens with zero attached hydrogens (tertiary/aromatic N) is 4. The summed E-state index contributed by atoms with van der Waals surface area (Å²) in [4.78, 5) is 33.0. The van der Waals surface area contributed by atoms with Gasteiger partial charge >= 0.3 is 5.69 Å². The first-order valence-corrected chi connectivity index (χ1v) is 8.42. The lowest BCUT2D eigenvalue weighted by Crippen LogP contribution is -2.25. The van der Waals surface area contributed by atoms with E-state index in [2.05, 4.69) is 5.10 Å². The van der Waals surface area contributed by atoms with Gasteiger partial charge in [0, 0.05) is 30.7 Å². The number of non-ortho nitro benzene ring substituents is 1. The summed E-state index contributed by atoms with van der Waals surface area (Å²) in [5.74, 6) is -0.413. The van der Waals surface area contributed by atoms with Crippen LogP contribution in [0.25, 0.3) is 0 Å². The van der Waals surface area contributed by atoms with Gasteiger partial charge in [0.05, 0.1) is 9.85 Å². The maximum Gasteiger partial charge on any atom is 0.311 e. The Hall–Kier alpha value is -4.02. The molecule has 3 rings (SSSR count). The zero-order chi connectivity index (χ0) is 21.1. The normalized spacial score (nSPS) is 15.4. The first-order valence-electron chi connectivity index (χ1n) is 8.42. The Bertz CT molecular complexity index is 1020. The summed E-state index contributed by atoms with van der Waals surface area (Å²) in [6.45, 7) is 2.72. The van der Waals surface area contributed by atoms with Crippen LogP contribution >= 0.6 is 0 Å². The molecule has 1 aliphatic heterocycles. The molecule has 0 saturated carbocycles. The van der Waals surface area contributed by atoms with Gasteiger partial charge in [-0.3, -0.25) is 25.0 Å². The van der Waals surface area contributed by atoms with Crippen molar-refractivity contribution in [2.45, 2.75) is 20.1 Å². The summed E-state index contributed by atoms with van der Waals surface area (Å²) < 4.78 is 11.1. The summed E-state index contributed by atoms with van der Waals surface area (Å²) in [6.07, 6.45) is -1.00. The van der Waals surface area contributed by atoms with Gasteiger partial charge in [0.25, 0.3) is 5.69 Å². The Kier molecular flexibility index (Phi) is 5.39. The molecule has 2 aromatic carbocycles. The largest absolute Gasteiger partial charge is 0.477 e. The highest BCUT2D eigenvalue weighted by Crippen LogP contribution is 2.32. The third-order valence-corrected chi connectivity index (χ3v) is 4.04. The minimum atomic E-state index is -1.00. The smallest absolute Gasteiger partial charge is 0.311 e. The molecule has 29 heavy (non-hydrogen) atoms. The summed E-state index contributed by atoms with van der Waals surface area (Å²) in [6, 6.07) is 10.1. The molecule has 0 spiro atoms. The van der Waals surface area contributed by atoms with Crippen LogP contribution in [0.2, 0.25) is 0 Å². The van der Waals surface area contributed by atoms with Crippen LogP contribution in [0.15, 0.2) is 47.6 Å². The predicted molar refractivity (Wildman–Crippen MR) is 100 cm³/mol. The SMILES string of the molecule is CC(=O)N1N=C(COc2ccc(C)cc2[N+](=O)[O-])O[C@@H]1c1cccc([N+](=O)[O-])c1. The summed E-state index contributed by atoms with van der Waals surface area (Å²) >= 11 is 0. The second-order valence-corrected chi connectivity index (χ2v) is 6.20. The van der Waals surface area contributed by atoms with E-state index in [0.717, 1.165) is 5.01 Å². The van der Waals surface area contributed by atoms with Gasteiger partial charge in [-0.1, -0.05) is 18.2 Å². The molecule has 0 aromatic heterocycles. The van der Waals surface area contributed by atoms with Crippen molar-refractivity contribution >= 4 is 23.2 Å². The average Bonchev–Trinajstić information content (AvgIpc) is 3.11. The number of carbonyl (C=O) groups is 1. The molecule has 0 radical (unpaired) electrons. The number of hydrogen-bond donors (Lipinski definition) is 0. The van der Waals surface area contributed by atoms with Crippen LogP contribution in [0.5, 0.6) is 5.75 Å². The van der Waals surface area contributed by atoms with Crippen molar-refractivity contribution < 1.29 is 24.1 Å². The quantitative estimate of drug-likeness (QED) is 0.536. The van der Waals surface area contributed by atoms with Crippen LogP contribution in [0.3, 0.4) is 0 Å². The number of hydrazone groups is 1. The highest BCUT2D eigenvalue weighted by molar-refractivity contribution is 5.83. The van der Waals surface area contributed by atoms with Crippen LogP contribution in [0.1, 0.15) is 24.3 Å². The van der Waals surface area contributed by atoms with Crippen LogP contribution < -0.4 is 4.74 Å². The van der Waals surface area contributed by atoms with Crippen molar-refractivity contribution in [2.75, 3.05) is 6.61 Å². The van der Waals surface area contributed by atoms with Gasteiger partial charge in [-0.25, -0.2) is 0 Å². The standard InChI is InChI=1S/C18H16N4O7/c1-11-6-7-16(15(8-11)22(26)27)28-10-17-19-20(12(2)23)18(29-17)13-4-3-5-14(9-13)21(24)25/h3-9,18H,10H2,1-2H3/t18-/m1/s1. The molecule has 2 aromatic rings. The molecule has 0 N–H and O–H groups in total. The number of amides is 1. The number of rotatable bonds is 6. The second-order valence-electron chi connectivity index (χ2n) is 6.20. The Morgan fingerprint density at radius 3 is 2.62 bits per heavy atom. The van der Waals surface area contributed by atoms with Crippen molar-refractivity contribution in [3.63, 3.8) is 0 Å². The van der Waals surface area contributed by atoms with Crippen molar-refractivity contribution in [2.24, 2.45) is 5.10 Å². The predicted octanol–water partition coefficient (Wildman–Crippen LogP) is 3.08. The Balaban J connectivity index is 1.79. The molecular weight excluding hydrogens is 384 g/mol. The zero-order valence-corrected chi connectivity index (χ0v) is 15.5. The summed E-state index contributed by atoms with van der Waals surface area (Å²) in [5.41, 5.74) is 0.693. The molecule has 150 valence electrons. The van der Waals surface area contributed by atoms with E-state index in [0.29, 0.717) is 11.1 Å². The molecule has 1 heterocycles. The second kappa shape index (κ2) is 7.92. The summed E-state index contributed by atoms with van der Waals surface area (Å²) in [5, 5.41) is 27.3. The van der Waals surface area contributed by atoms with Crippen molar-refractivity contribution in [3.8, 4) is 5.75 Å². The number of ether oxygens (including phenoxy) is 2. The maximum atomic E-state index is 11.9. The van der Waals surface area contributed by atoms with Gasteiger partial charge in [-0.05, 0) is 18.6 Å². The topological polar surface area (TPSA) is 137 Å². The fourth-order valence-electron chi connectivity index (χ4n) is 2.71. The molecule has 1 amide bonds. The number of aryl methyl sites for hydroxylation is 1. The molecule has 0 saturated heterocycles. The third kappa shape index (κ3) is 4.29. The third-order valence-electron chi connectivity index (χ3n) is 4.04. The van der Waals surface area contributed by atoms with Crippen LogP contribution in [0, 0.1) is 27.2 Å². The molecule has 0 bridgehead atoms. The van der Waals surface area contributed by atoms with Crippen LogP contribution in [0.4, 0.5) is 11.4 Å². The molecule has 0 aliphatic carbocycles. The molecule has 0 fully saturated rings. The van der Waals surface area contributed by atoms with Crippen LogP contribution in [-0.2, 0) is 9.53 Å². The fourth-order valence-corrected chi connectivity index (χ4v) is 2.71.